The molecule has 3 aliphatic heterocycles. The molecule has 4 aromatic rings. The van der Waals surface area contributed by atoms with Gasteiger partial charge in [0, 0.05) is 35.8 Å². The highest BCUT2D eigenvalue weighted by Crippen LogP contribution is 2.40. The summed E-state index contributed by atoms with van der Waals surface area (Å²) in [5.41, 5.74) is 0.869. The van der Waals surface area contributed by atoms with Crippen molar-refractivity contribution in [3.8, 4) is 35.4 Å². The zero-order chi connectivity index (χ0) is 31.8. The van der Waals surface area contributed by atoms with Crippen LogP contribution in [0.15, 0.2) is 49.2 Å². The van der Waals surface area contributed by atoms with Gasteiger partial charge in [0.2, 0.25) is 5.91 Å². The maximum atomic E-state index is 16.8. The van der Waals surface area contributed by atoms with Crippen LogP contribution in [0.4, 0.5) is 10.2 Å². The number of benzene rings is 2. The number of phenolic OH excluding ortho intramolecular Hbond substituents is 1. The lowest BCUT2D eigenvalue weighted by molar-refractivity contribution is -0.117. The number of carbonyl (C=O) groups excluding carboxylic acids is 1. The SMILES string of the molecule is C#Cc1cccc2cc(O)cc(-c3ncc4c(N5CCOCC(NC(=O)C=C)C5)nc(OCC56CCCN5CCC6)nc4c3F)c12. The maximum absolute atomic E-state index is 16.8. The zero-order valence-corrected chi connectivity index (χ0v) is 25.5. The lowest BCUT2D eigenvalue weighted by Crippen LogP contribution is -2.44. The molecule has 5 heterocycles. The van der Waals surface area contributed by atoms with E-state index in [1.165, 1.54) is 12.1 Å². The first-order chi connectivity index (χ1) is 22.4. The summed E-state index contributed by atoms with van der Waals surface area (Å²) in [6.07, 6.45) is 12.9. The van der Waals surface area contributed by atoms with Crippen molar-refractivity contribution < 1.29 is 23.8 Å². The van der Waals surface area contributed by atoms with E-state index in [9.17, 15) is 9.90 Å². The number of nitrogens with zero attached hydrogens (tertiary/aromatic N) is 5. The van der Waals surface area contributed by atoms with Crippen molar-refractivity contribution in [2.75, 3.05) is 50.9 Å². The van der Waals surface area contributed by atoms with E-state index in [1.807, 2.05) is 11.0 Å². The Labute approximate surface area is 266 Å². The third kappa shape index (κ3) is 5.37. The molecule has 3 saturated heterocycles. The average molecular weight is 623 g/mol. The Morgan fingerprint density at radius 1 is 1.26 bits per heavy atom. The van der Waals surface area contributed by atoms with E-state index in [0.717, 1.165) is 38.8 Å². The molecule has 3 fully saturated rings. The summed E-state index contributed by atoms with van der Waals surface area (Å²) in [6, 6.07) is 8.13. The summed E-state index contributed by atoms with van der Waals surface area (Å²) < 4.78 is 29.0. The Balaban J connectivity index is 1.36. The van der Waals surface area contributed by atoms with Gasteiger partial charge in [0.1, 0.15) is 29.4 Å². The standard InChI is InChI=1S/C35H35FN6O4/c1-3-22-8-5-9-23-16-25(43)17-26(29(22)23)31-30(36)32-27(18-37-31)33(41-14-15-45-20-24(19-41)38-28(44)4-2)40-34(39-32)46-21-35-10-6-12-42(35)13-7-11-35/h1,4-5,8-9,16-18,24,43H,2,6-7,10-15,19-21H2,(H,38,44). The molecular formula is C35H35FN6O4. The molecular weight excluding hydrogens is 587 g/mol. The van der Waals surface area contributed by atoms with Crippen molar-refractivity contribution in [1.29, 1.82) is 0 Å². The van der Waals surface area contributed by atoms with Gasteiger partial charge in [0.25, 0.3) is 0 Å². The fourth-order valence-electron chi connectivity index (χ4n) is 7.24. The highest BCUT2D eigenvalue weighted by Gasteiger charge is 2.45. The molecule has 2 aromatic carbocycles. The number of rotatable bonds is 7. The van der Waals surface area contributed by atoms with Crippen LogP contribution in [0.2, 0.25) is 0 Å². The Kier molecular flexibility index (Phi) is 7.92. The zero-order valence-electron chi connectivity index (χ0n) is 25.5. The van der Waals surface area contributed by atoms with Crippen molar-refractivity contribution in [1.82, 2.24) is 25.2 Å². The van der Waals surface area contributed by atoms with E-state index >= 15 is 4.39 Å². The minimum absolute atomic E-state index is 0.00150. The fraction of sp³-hybridized carbons (Fsp3) is 0.371. The fourth-order valence-corrected chi connectivity index (χ4v) is 7.24. The van der Waals surface area contributed by atoms with Crippen LogP contribution < -0.4 is 15.0 Å². The molecule has 0 bridgehead atoms. The summed E-state index contributed by atoms with van der Waals surface area (Å²) in [5.74, 6) is 2.06. The third-order valence-electron chi connectivity index (χ3n) is 9.39. The molecule has 46 heavy (non-hydrogen) atoms. The van der Waals surface area contributed by atoms with E-state index < -0.39 is 5.82 Å². The minimum atomic E-state index is -0.686. The summed E-state index contributed by atoms with van der Waals surface area (Å²) in [6.45, 7) is 7.51. The van der Waals surface area contributed by atoms with Crippen molar-refractivity contribution in [3.63, 3.8) is 0 Å². The Hall–Kier alpha value is -4.79. The second kappa shape index (κ2) is 12.2. The van der Waals surface area contributed by atoms with Gasteiger partial charge in [0.15, 0.2) is 5.82 Å². The largest absolute Gasteiger partial charge is 0.508 e. The van der Waals surface area contributed by atoms with Gasteiger partial charge in [-0.25, -0.2) is 4.39 Å². The minimum Gasteiger partial charge on any atom is -0.508 e. The van der Waals surface area contributed by atoms with E-state index in [4.69, 9.17) is 20.9 Å². The number of hydrogen-bond donors (Lipinski definition) is 2. The first kappa shape index (κ1) is 29.9. The molecule has 2 N–H and O–H groups in total. The molecule has 1 amide bonds. The predicted octanol–water partition coefficient (Wildman–Crippen LogP) is 4.19. The van der Waals surface area contributed by atoms with Crippen molar-refractivity contribution in [3.05, 3.63) is 60.6 Å². The molecule has 0 saturated carbocycles. The molecule has 10 nitrogen and oxygen atoms in total. The lowest BCUT2D eigenvalue weighted by Gasteiger charge is -2.31. The summed E-state index contributed by atoms with van der Waals surface area (Å²) in [5, 5.41) is 15.1. The number of anilines is 1. The van der Waals surface area contributed by atoms with Gasteiger partial charge in [-0.15, -0.1) is 6.42 Å². The Morgan fingerprint density at radius 2 is 2.09 bits per heavy atom. The number of halogens is 1. The normalized spacial score (nSPS) is 19.5. The van der Waals surface area contributed by atoms with E-state index in [0.29, 0.717) is 66.0 Å². The summed E-state index contributed by atoms with van der Waals surface area (Å²) in [7, 11) is 0. The van der Waals surface area contributed by atoms with Gasteiger partial charge in [-0.3, -0.25) is 14.7 Å². The number of phenols is 1. The van der Waals surface area contributed by atoms with E-state index in [2.05, 4.69) is 32.7 Å². The number of aromatic hydroxyl groups is 1. The Bertz CT molecular complexity index is 1880. The second-order valence-corrected chi connectivity index (χ2v) is 12.2. The number of amides is 1. The number of terminal acetylenes is 1. The number of ether oxygens (including phenoxy) is 2. The summed E-state index contributed by atoms with van der Waals surface area (Å²) in [4.78, 5) is 30.6. The highest BCUT2D eigenvalue weighted by atomic mass is 19.1. The predicted molar refractivity (Wildman–Crippen MR) is 173 cm³/mol. The first-order valence-electron chi connectivity index (χ1n) is 15.6. The molecule has 0 spiro atoms. The van der Waals surface area contributed by atoms with Crippen LogP contribution in [0.3, 0.4) is 0 Å². The monoisotopic (exact) mass is 622 g/mol. The molecule has 236 valence electrons. The lowest BCUT2D eigenvalue weighted by atomic mass is 9.95. The van der Waals surface area contributed by atoms with Gasteiger partial charge in [0.05, 0.1) is 30.2 Å². The molecule has 1 atom stereocenters. The number of aromatic nitrogens is 3. The molecule has 7 rings (SSSR count). The van der Waals surface area contributed by atoms with Crippen LogP contribution in [-0.4, -0.2) is 88.4 Å². The molecule has 3 aliphatic rings. The van der Waals surface area contributed by atoms with Gasteiger partial charge >= 0.3 is 6.01 Å². The molecule has 11 heteroatoms. The van der Waals surface area contributed by atoms with Crippen LogP contribution in [0, 0.1) is 18.2 Å². The maximum Gasteiger partial charge on any atom is 0.319 e. The highest BCUT2D eigenvalue weighted by molar-refractivity contribution is 6.02. The molecule has 0 aliphatic carbocycles. The number of carbonyl (C=O) groups is 1. The molecule has 2 aromatic heterocycles. The average Bonchev–Trinajstić information content (AvgIpc) is 3.56. The van der Waals surface area contributed by atoms with Gasteiger partial charge in [-0.05, 0) is 68.4 Å². The third-order valence-corrected chi connectivity index (χ3v) is 9.39. The van der Waals surface area contributed by atoms with Crippen molar-refractivity contribution >= 4 is 33.4 Å². The number of fused-ring (bicyclic) bond motifs is 3. The van der Waals surface area contributed by atoms with E-state index in [1.54, 1.807) is 24.4 Å². The number of pyridine rings is 1. The van der Waals surface area contributed by atoms with Crippen LogP contribution >= 0.6 is 0 Å². The van der Waals surface area contributed by atoms with Crippen molar-refractivity contribution in [2.24, 2.45) is 0 Å². The van der Waals surface area contributed by atoms with Crippen LogP contribution in [0.1, 0.15) is 31.2 Å². The van der Waals surface area contributed by atoms with Crippen LogP contribution in [-0.2, 0) is 9.53 Å². The van der Waals surface area contributed by atoms with Gasteiger partial charge < -0.3 is 24.8 Å². The second-order valence-electron chi connectivity index (χ2n) is 12.2. The smallest absolute Gasteiger partial charge is 0.319 e. The Morgan fingerprint density at radius 3 is 2.87 bits per heavy atom. The summed E-state index contributed by atoms with van der Waals surface area (Å²) >= 11 is 0. The van der Waals surface area contributed by atoms with Gasteiger partial charge in [-0.1, -0.05) is 24.6 Å². The number of nitrogens with one attached hydrogen (secondary N) is 1. The quantitative estimate of drug-likeness (QED) is 0.232. The topological polar surface area (TPSA) is 113 Å². The van der Waals surface area contributed by atoms with E-state index in [-0.39, 0.29) is 40.5 Å². The number of hydrogen-bond acceptors (Lipinski definition) is 9. The van der Waals surface area contributed by atoms with Crippen LogP contribution in [0.25, 0.3) is 32.9 Å². The molecule has 1 unspecified atom stereocenters. The van der Waals surface area contributed by atoms with Crippen LogP contribution in [0.5, 0.6) is 11.8 Å². The van der Waals surface area contributed by atoms with Crippen molar-refractivity contribution in [2.45, 2.75) is 37.3 Å². The molecule has 0 radical (unpaired) electrons. The van der Waals surface area contributed by atoms with Gasteiger partial charge in [-0.2, -0.15) is 9.97 Å². The first-order valence-corrected chi connectivity index (χ1v) is 15.6.